The Morgan fingerprint density at radius 3 is 2.08 bits per heavy atom. The molecule has 0 N–H and O–H groups in total. The maximum Gasteiger partial charge on any atom is 0.0690 e. The van der Waals surface area contributed by atoms with Crippen LogP contribution in [0.3, 0.4) is 0 Å². The number of nitrogens with zero attached hydrogens (tertiary/aromatic N) is 1. The van der Waals surface area contributed by atoms with Gasteiger partial charge in [-0.05, 0) is 49.9 Å². The van der Waals surface area contributed by atoms with E-state index in [1.165, 1.54) is 19.3 Å². The summed E-state index contributed by atoms with van der Waals surface area (Å²) in [5, 5.41) is 9.28. The topological polar surface area (TPSA) is 23.8 Å². The molecule has 0 heterocycles. The molecular formula is C12H19N. The first-order valence-electron chi connectivity index (χ1n) is 5.55. The normalized spacial score (nSPS) is 49.8. The van der Waals surface area contributed by atoms with E-state index in [0.717, 1.165) is 30.6 Å². The third-order valence-electron chi connectivity index (χ3n) is 3.87. The maximum absolute atomic E-state index is 9.28. The van der Waals surface area contributed by atoms with E-state index in [9.17, 15) is 5.26 Å². The maximum atomic E-state index is 9.28. The summed E-state index contributed by atoms with van der Waals surface area (Å²) < 4.78 is 0. The molecule has 3 unspecified atom stereocenters. The molecule has 0 aliphatic heterocycles. The summed E-state index contributed by atoms with van der Waals surface area (Å²) in [6.45, 7) is 4.63. The van der Waals surface area contributed by atoms with Crippen LogP contribution in [-0.4, -0.2) is 0 Å². The van der Waals surface area contributed by atoms with Crippen molar-refractivity contribution in [2.75, 3.05) is 0 Å². The highest BCUT2D eigenvalue weighted by Gasteiger charge is 2.44. The smallest absolute Gasteiger partial charge is 0.0690 e. The van der Waals surface area contributed by atoms with Crippen LogP contribution in [0.15, 0.2) is 0 Å². The molecule has 72 valence electrons. The molecule has 1 nitrogen and oxygen atoms in total. The van der Waals surface area contributed by atoms with Crippen LogP contribution in [0.25, 0.3) is 0 Å². The predicted molar refractivity (Wildman–Crippen MR) is 52.9 cm³/mol. The summed E-state index contributed by atoms with van der Waals surface area (Å²) in [7, 11) is 0. The number of rotatable bonds is 0. The largest absolute Gasteiger partial charge is 0.198 e. The van der Waals surface area contributed by atoms with Crippen LogP contribution in [0.4, 0.5) is 0 Å². The van der Waals surface area contributed by atoms with Gasteiger partial charge in [0.2, 0.25) is 0 Å². The minimum atomic E-state index is 0.0694. The van der Waals surface area contributed by atoms with Crippen LogP contribution in [0.5, 0.6) is 0 Å². The molecule has 2 bridgehead atoms. The lowest BCUT2D eigenvalue weighted by atomic mass is 9.57. The molecule has 2 rings (SSSR count). The van der Waals surface area contributed by atoms with Crippen molar-refractivity contribution < 1.29 is 0 Å². The first-order chi connectivity index (χ1) is 6.13. The van der Waals surface area contributed by atoms with Gasteiger partial charge >= 0.3 is 0 Å². The zero-order chi connectivity index (χ0) is 9.47. The van der Waals surface area contributed by atoms with Crippen molar-refractivity contribution in [3.63, 3.8) is 0 Å². The Morgan fingerprint density at radius 1 is 1.08 bits per heavy atom. The third-order valence-corrected chi connectivity index (χ3v) is 3.87. The summed E-state index contributed by atoms with van der Waals surface area (Å²) >= 11 is 0. The van der Waals surface area contributed by atoms with Crippen molar-refractivity contribution in [1.29, 1.82) is 5.26 Å². The van der Waals surface area contributed by atoms with Crippen molar-refractivity contribution >= 4 is 0 Å². The van der Waals surface area contributed by atoms with Gasteiger partial charge in [-0.1, -0.05) is 13.8 Å². The van der Waals surface area contributed by atoms with Crippen molar-refractivity contribution in [1.82, 2.24) is 0 Å². The second-order valence-corrected chi connectivity index (χ2v) is 5.55. The van der Waals surface area contributed by atoms with Gasteiger partial charge < -0.3 is 0 Å². The average molecular weight is 177 g/mol. The lowest BCUT2D eigenvalue weighted by Gasteiger charge is -2.45. The van der Waals surface area contributed by atoms with Crippen molar-refractivity contribution in [2.45, 2.75) is 46.0 Å². The van der Waals surface area contributed by atoms with E-state index in [0.29, 0.717) is 0 Å². The van der Waals surface area contributed by atoms with Gasteiger partial charge in [-0.3, -0.25) is 0 Å². The van der Waals surface area contributed by atoms with Crippen LogP contribution in [0, 0.1) is 34.5 Å². The SMILES string of the molecule is CC1CC2C[C@@H](C)CC(C#N)(C1)C2. The fraction of sp³-hybridized carbons (Fsp3) is 0.917. The fourth-order valence-corrected chi connectivity index (χ4v) is 3.84. The Hall–Kier alpha value is -0.510. The minimum absolute atomic E-state index is 0.0694. The monoisotopic (exact) mass is 177 g/mol. The molecule has 1 heteroatoms. The molecule has 4 atom stereocenters. The Kier molecular flexibility index (Phi) is 2.10. The third kappa shape index (κ3) is 1.59. The highest BCUT2D eigenvalue weighted by Crippen LogP contribution is 2.52. The number of nitriles is 1. The highest BCUT2D eigenvalue weighted by molar-refractivity contribution is 5.06. The van der Waals surface area contributed by atoms with Crippen molar-refractivity contribution in [3.05, 3.63) is 0 Å². The Labute approximate surface area is 81.1 Å². The van der Waals surface area contributed by atoms with Crippen LogP contribution in [-0.2, 0) is 0 Å². The van der Waals surface area contributed by atoms with Crippen LogP contribution in [0.1, 0.15) is 46.0 Å². The summed E-state index contributed by atoms with van der Waals surface area (Å²) in [5.74, 6) is 2.42. The molecule has 0 aromatic rings. The summed E-state index contributed by atoms with van der Waals surface area (Å²) in [5.41, 5.74) is 0.0694. The summed E-state index contributed by atoms with van der Waals surface area (Å²) in [6, 6.07) is 2.61. The van der Waals surface area contributed by atoms with Crippen molar-refractivity contribution in [3.8, 4) is 6.07 Å². The predicted octanol–water partition coefficient (Wildman–Crippen LogP) is 3.36. The van der Waals surface area contributed by atoms with Crippen molar-refractivity contribution in [2.24, 2.45) is 23.2 Å². The molecule has 2 aliphatic rings. The quantitative estimate of drug-likeness (QED) is 0.556. The van der Waals surface area contributed by atoms with Gasteiger partial charge in [0.25, 0.3) is 0 Å². The molecule has 0 saturated heterocycles. The Morgan fingerprint density at radius 2 is 1.62 bits per heavy atom. The molecule has 0 aromatic carbocycles. The first-order valence-corrected chi connectivity index (χ1v) is 5.55. The lowest BCUT2D eigenvalue weighted by molar-refractivity contribution is 0.0613. The van der Waals surface area contributed by atoms with Gasteiger partial charge in [0, 0.05) is 0 Å². The van der Waals surface area contributed by atoms with Gasteiger partial charge in [-0.2, -0.15) is 5.26 Å². The van der Waals surface area contributed by atoms with Crippen LogP contribution >= 0.6 is 0 Å². The average Bonchev–Trinajstić information content (AvgIpc) is 2.01. The van der Waals surface area contributed by atoms with E-state index in [4.69, 9.17) is 0 Å². The molecule has 0 aromatic heterocycles. The van der Waals surface area contributed by atoms with Gasteiger partial charge in [-0.25, -0.2) is 0 Å². The highest BCUT2D eigenvalue weighted by atomic mass is 14.5. The van der Waals surface area contributed by atoms with E-state index in [2.05, 4.69) is 19.9 Å². The number of hydrogen-bond acceptors (Lipinski definition) is 1. The number of hydrogen-bond donors (Lipinski definition) is 0. The molecule has 2 aliphatic carbocycles. The molecular weight excluding hydrogens is 158 g/mol. The second kappa shape index (κ2) is 3.01. The summed E-state index contributed by atoms with van der Waals surface area (Å²) in [4.78, 5) is 0. The Balaban J connectivity index is 2.20. The standard InChI is InChI=1S/C12H19N/c1-9-3-11-4-10(2)6-12(5-9,7-11)8-13/h9-11H,3-7H2,1-2H3/t9-,10?,11?,12?/m1/s1. The van der Waals surface area contributed by atoms with E-state index in [1.54, 1.807) is 0 Å². The molecule has 2 fully saturated rings. The molecule has 0 amide bonds. The molecule has 13 heavy (non-hydrogen) atoms. The van der Waals surface area contributed by atoms with E-state index < -0.39 is 0 Å². The van der Waals surface area contributed by atoms with Crippen LogP contribution in [0.2, 0.25) is 0 Å². The van der Waals surface area contributed by atoms with Gasteiger partial charge in [0.1, 0.15) is 0 Å². The first kappa shape index (κ1) is 9.06. The second-order valence-electron chi connectivity index (χ2n) is 5.55. The van der Waals surface area contributed by atoms with Crippen LogP contribution < -0.4 is 0 Å². The lowest BCUT2D eigenvalue weighted by Crippen LogP contribution is -2.38. The fourth-order valence-electron chi connectivity index (χ4n) is 3.84. The molecule has 0 radical (unpaired) electrons. The van der Waals surface area contributed by atoms with E-state index in [-0.39, 0.29) is 5.41 Å². The molecule has 2 saturated carbocycles. The number of fused-ring (bicyclic) bond motifs is 2. The summed E-state index contributed by atoms with van der Waals surface area (Å²) in [6.07, 6.45) is 6.24. The van der Waals surface area contributed by atoms with Gasteiger partial charge in [-0.15, -0.1) is 0 Å². The zero-order valence-electron chi connectivity index (χ0n) is 8.71. The van der Waals surface area contributed by atoms with E-state index in [1.807, 2.05) is 0 Å². The van der Waals surface area contributed by atoms with Gasteiger partial charge in [0.05, 0.1) is 11.5 Å². The Bertz CT molecular complexity index is 218. The van der Waals surface area contributed by atoms with E-state index >= 15 is 0 Å². The minimum Gasteiger partial charge on any atom is -0.198 e. The molecule has 0 spiro atoms. The van der Waals surface area contributed by atoms with Gasteiger partial charge in [0.15, 0.2) is 0 Å². The zero-order valence-corrected chi connectivity index (χ0v) is 8.71.